The fraction of sp³-hybridized carbons (Fsp3) is 0.400. The largest absolute Gasteiger partial charge is 0.364 e. The van der Waals surface area contributed by atoms with Crippen molar-refractivity contribution in [2.24, 2.45) is 0 Å². The first-order valence-corrected chi connectivity index (χ1v) is 4.91. The van der Waals surface area contributed by atoms with Crippen molar-refractivity contribution in [3.63, 3.8) is 0 Å². The molecule has 4 heteroatoms. The van der Waals surface area contributed by atoms with Crippen molar-refractivity contribution in [2.75, 3.05) is 6.61 Å². The van der Waals surface area contributed by atoms with Gasteiger partial charge in [0.25, 0.3) is 0 Å². The van der Waals surface area contributed by atoms with Crippen LogP contribution in [-0.4, -0.2) is 18.8 Å². The zero-order valence-electron chi connectivity index (χ0n) is 7.35. The first kappa shape index (κ1) is 8.68. The third kappa shape index (κ3) is 1.42. The second-order valence-corrected chi connectivity index (χ2v) is 3.93. The third-order valence-corrected chi connectivity index (χ3v) is 2.77. The molecule has 74 valence electrons. The van der Waals surface area contributed by atoms with E-state index in [0.29, 0.717) is 6.61 Å². The molecule has 0 unspecified atom stereocenters. The molecule has 3 rings (SSSR count). The van der Waals surface area contributed by atoms with E-state index in [4.69, 9.17) is 26.1 Å². The van der Waals surface area contributed by atoms with Gasteiger partial charge in [0.2, 0.25) is 0 Å². The molecule has 0 saturated carbocycles. The van der Waals surface area contributed by atoms with Crippen LogP contribution in [0.4, 0.5) is 0 Å². The maximum atomic E-state index is 5.79. The topological polar surface area (TPSA) is 31.0 Å². The molecule has 0 bridgehead atoms. The fourth-order valence-corrected chi connectivity index (χ4v) is 1.81. The molecule has 1 aromatic rings. The van der Waals surface area contributed by atoms with Crippen molar-refractivity contribution in [3.05, 3.63) is 34.9 Å². The smallest absolute Gasteiger partial charge is 0.147 e. The molecule has 3 atom stereocenters. The molecule has 0 aliphatic carbocycles. The van der Waals surface area contributed by atoms with Crippen LogP contribution >= 0.6 is 11.6 Å². The van der Waals surface area contributed by atoms with Gasteiger partial charge in [0.05, 0.1) is 0 Å². The maximum absolute atomic E-state index is 5.79. The van der Waals surface area contributed by atoms with Crippen molar-refractivity contribution >= 4 is 11.6 Å². The lowest BCUT2D eigenvalue weighted by Crippen LogP contribution is -2.22. The predicted molar refractivity (Wildman–Crippen MR) is 49.9 cm³/mol. The van der Waals surface area contributed by atoms with Gasteiger partial charge in [-0.2, -0.15) is 0 Å². The lowest BCUT2D eigenvalue weighted by molar-refractivity contribution is -0.339. The molecule has 2 saturated heterocycles. The number of epoxide rings is 1. The van der Waals surface area contributed by atoms with Crippen molar-refractivity contribution < 1.29 is 14.5 Å². The van der Waals surface area contributed by atoms with Crippen LogP contribution in [0.5, 0.6) is 0 Å². The second kappa shape index (κ2) is 3.21. The third-order valence-electron chi connectivity index (χ3n) is 2.52. The normalized spacial score (nSPS) is 35.1. The molecule has 0 N–H and O–H groups in total. The maximum Gasteiger partial charge on any atom is 0.147 e. The van der Waals surface area contributed by atoms with Crippen LogP contribution in [0.15, 0.2) is 24.3 Å². The molecule has 1 aromatic carbocycles. The molecule has 2 heterocycles. The minimum Gasteiger partial charge on any atom is -0.364 e. The molecular weight excluding hydrogens is 204 g/mol. The summed E-state index contributed by atoms with van der Waals surface area (Å²) in [6.45, 7) is 0.536. The van der Waals surface area contributed by atoms with Gasteiger partial charge in [-0.05, 0) is 17.7 Å². The number of fused-ring (bicyclic) bond motifs is 1. The number of halogens is 1. The van der Waals surface area contributed by atoms with Crippen LogP contribution in [-0.2, 0) is 14.5 Å². The highest BCUT2D eigenvalue weighted by Crippen LogP contribution is 2.40. The number of rotatable bonds is 1. The Morgan fingerprint density at radius 2 is 2.00 bits per heavy atom. The van der Waals surface area contributed by atoms with E-state index in [0.717, 1.165) is 10.6 Å². The van der Waals surface area contributed by atoms with Crippen LogP contribution in [0.3, 0.4) is 0 Å². The molecule has 0 radical (unpaired) electrons. The quantitative estimate of drug-likeness (QED) is 0.528. The van der Waals surface area contributed by atoms with Crippen molar-refractivity contribution in [2.45, 2.75) is 18.3 Å². The molecule has 2 aliphatic heterocycles. The Hall–Kier alpha value is -0.610. The number of hydrogen-bond donors (Lipinski definition) is 0. The number of hydrogen-bond acceptors (Lipinski definition) is 3. The van der Waals surface area contributed by atoms with Gasteiger partial charge in [0, 0.05) is 5.02 Å². The molecular formula is C10H9ClO3. The summed E-state index contributed by atoms with van der Waals surface area (Å²) >= 11 is 5.79. The minimum atomic E-state index is -0.106. The van der Waals surface area contributed by atoms with Gasteiger partial charge < -0.3 is 4.74 Å². The first-order chi connectivity index (χ1) is 6.84. The highest BCUT2D eigenvalue weighted by molar-refractivity contribution is 6.30. The molecule has 14 heavy (non-hydrogen) atoms. The van der Waals surface area contributed by atoms with Crippen LogP contribution in [0, 0.1) is 0 Å². The van der Waals surface area contributed by atoms with E-state index in [2.05, 4.69) is 0 Å². The van der Waals surface area contributed by atoms with E-state index in [1.54, 1.807) is 0 Å². The van der Waals surface area contributed by atoms with Gasteiger partial charge in [0.15, 0.2) is 0 Å². The summed E-state index contributed by atoms with van der Waals surface area (Å²) in [6, 6.07) is 7.54. The molecule has 0 aromatic heterocycles. The summed E-state index contributed by atoms with van der Waals surface area (Å²) in [7, 11) is 0. The highest BCUT2D eigenvalue weighted by atomic mass is 35.5. The van der Waals surface area contributed by atoms with Crippen molar-refractivity contribution in [3.8, 4) is 0 Å². The second-order valence-electron chi connectivity index (χ2n) is 3.49. The molecule has 0 spiro atoms. The van der Waals surface area contributed by atoms with Gasteiger partial charge in [-0.3, -0.25) is 0 Å². The van der Waals surface area contributed by atoms with E-state index in [-0.39, 0.29) is 18.3 Å². The van der Waals surface area contributed by atoms with Crippen LogP contribution < -0.4 is 0 Å². The summed E-state index contributed by atoms with van der Waals surface area (Å²) < 4.78 is 5.39. The summed E-state index contributed by atoms with van der Waals surface area (Å²) in [4.78, 5) is 10.2. The monoisotopic (exact) mass is 212 g/mol. The Morgan fingerprint density at radius 3 is 2.79 bits per heavy atom. The SMILES string of the molecule is Clc1ccc([C@H]2OOC[C@H]3O[C@@H]23)cc1. The van der Waals surface area contributed by atoms with Crippen LogP contribution in [0.2, 0.25) is 5.02 Å². The molecule has 0 amide bonds. The summed E-state index contributed by atoms with van der Waals surface area (Å²) in [5.74, 6) is 0. The lowest BCUT2D eigenvalue weighted by atomic mass is 10.0. The van der Waals surface area contributed by atoms with Crippen molar-refractivity contribution in [1.82, 2.24) is 0 Å². The Bertz CT molecular complexity index is 338. The van der Waals surface area contributed by atoms with Gasteiger partial charge in [-0.1, -0.05) is 23.7 Å². The lowest BCUT2D eigenvalue weighted by Gasteiger charge is -2.18. The van der Waals surface area contributed by atoms with E-state index in [1.807, 2.05) is 24.3 Å². The Kier molecular flexibility index (Phi) is 1.99. The van der Waals surface area contributed by atoms with Crippen molar-refractivity contribution in [1.29, 1.82) is 0 Å². The van der Waals surface area contributed by atoms with E-state index < -0.39 is 0 Å². The van der Waals surface area contributed by atoms with E-state index in [9.17, 15) is 0 Å². The minimum absolute atomic E-state index is 0.106. The average molecular weight is 213 g/mol. The zero-order valence-corrected chi connectivity index (χ0v) is 8.11. The Balaban J connectivity index is 1.84. The van der Waals surface area contributed by atoms with Gasteiger partial charge in [-0.25, -0.2) is 9.78 Å². The average Bonchev–Trinajstić information content (AvgIpc) is 2.97. The summed E-state index contributed by atoms with van der Waals surface area (Å²) in [6.07, 6.45) is 0.264. The number of benzene rings is 1. The van der Waals surface area contributed by atoms with Gasteiger partial charge in [-0.15, -0.1) is 0 Å². The molecule has 3 nitrogen and oxygen atoms in total. The molecule has 2 fully saturated rings. The zero-order chi connectivity index (χ0) is 9.54. The van der Waals surface area contributed by atoms with Gasteiger partial charge in [0.1, 0.15) is 24.9 Å². The van der Waals surface area contributed by atoms with Crippen LogP contribution in [0.25, 0.3) is 0 Å². The number of ether oxygens (including phenoxy) is 1. The summed E-state index contributed by atoms with van der Waals surface area (Å²) in [5, 5.41) is 0.721. The highest BCUT2D eigenvalue weighted by Gasteiger charge is 2.50. The van der Waals surface area contributed by atoms with E-state index in [1.165, 1.54) is 0 Å². The predicted octanol–water partition coefficient (Wildman–Crippen LogP) is 2.11. The first-order valence-electron chi connectivity index (χ1n) is 4.54. The Morgan fingerprint density at radius 1 is 1.21 bits per heavy atom. The standard InChI is InChI=1S/C10H9ClO3/c11-7-3-1-6(2-4-7)9-10-8(13-10)5-12-14-9/h1-4,8-10H,5H2/t8-,9-,10-/m1/s1. The summed E-state index contributed by atoms with van der Waals surface area (Å²) in [5.41, 5.74) is 1.04. The fourth-order valence-electron chi connectivity index (χ4n) is 1.69. The van der Waals surface area contributed by atoms with Crippen LogP contribution in [0.1, 0.15) is 11.7 Å². The van der Waals surface area contributed by atoms with Gasteiger partial charge >= 0.3 is 0 Å². The Labute approximate surface area is 86.5 Å². The molecule has 2 aliphatic rings. The van der Waals surface area contributed by atoms with E-state index >= 15 is 0 Å².